The van der Waals surface area contributed by atoms with Crippen LogP contribution in [0.3, 0.4) is 0 Å². The normalized spacial score (nSPS) is 27.0. The first-order valence-corrected chi connectivity index (χ1v) is 10.1. The van der Waals surface area contributed by atoms with Crippen molar-refractivity contribution < 1.29 is 17.9 Å². The SMILES string of the molecule is Cn1cc([C@@H]2CS(=O)(=O)CCN2C(=O)NC[C@@H]2CCCCO2)cn1. The molecule has 2 saturated heterocycles. The number of amides is 2. The molecule has 9 heteroatoms. The maximum absolute atomic E-state index is 12.6. The molecule has 0 radical (unpaired) electrons. The van der Waals surface area contributed by atoms with Gasteiger partial charge < -0.3 is 15.0 Å². The van der Waals surface area contributed by atoms with Crippen molar-refractivity contribution >= 4 is 15.9 Å². The van der Waals surface area contributed by atoms with Crippen LogP contribution in [0.1, 0.15) is 30.9 Å². The van der Waals surface area contributed by atoms with Gasteiger partial charge in [-0.25, -0.2) is 13.2 Å². The number of nitrogens with one attached hydrogen (secondary N) is 1. The molecule has 1 N–H and O–H groups in total. The van der Waals surface area contributed by atoms with Crippen LogP contribution in [0.5, 0.6) is 0 Å². The molecule has 3 heterocycles. The van der Waals surface area contributed by atoms with E-state index >= 15 is 0 Å². The van der Waals surface area contributed by atoms with Crippen LogP contribution in [0.2, 0.25) is 0 Å². The highest BCUT2D eigenvalue weighted by atomic mass is 32.2. The first-order chi connectivity index (χ1) is 11.4. The summed E-state index contributed by atoms with van der Waals surface area (Å²) in [4.78, 5) is 14.2. The van der Waals surface area contributed by atoms with Gasteiger partial charge in [0.25, 0.3) is 0 Å². The van der Waals surface area contributed by atoms with E-state index in [1.54, 1.807) is 29.0 Å². The number of urea groups is 1. The molecule has 2 atom stereocenters. The number of aryl methyl sites for hydroxylation is 1. The van der Waals surface area contributed by atoms with Gasteiger partial charge in [-0.1, -0.05) is 0 Å². The summed E-state index contributed by atoms with van der Waals surface area (Å²) in [6, 6.07) is -0.738. The Labute approximate surface area is 142 Å². The molecule has 1 aromatic rings. The largest absolute Gasteiger partial charge is 0.376 e. The predicted molar refractivity (Wildman–Crippen MR) is 88.3 cm³/mol. The van der Waals surface area contributed by atoms with Gasteiger partial charge in [0, 0.05) is 38.5 Å². The molecule has 2 amide bonds. The number of hydrogen-bond donors (Lipinski definition) is 1. The molecule has 0 unspecified atom stereocenters. The van der Waals surface area contributed by atoms with Gasteiger partial charge in [0.1, 0.15) is 0 Å². The van der Waals surface area contributed by atoms with Gasteiger partial charge in [-0.2, -0.15) is 5.10 Å². The minimum absolute atomic E-state index is 0.00287. The van der Waals surface area contributed by atoms with Gasteiger partial charge in [0.15, 0.2) is 9.84 Å². The Kier molecular flexibility index (Phi) is 5.09. The van der Waals surface area contributed by atoms with E-state index in [-0.39, 0.29) is 30.2 Å². The lowest BCUT2D eigenvalue weighted by Gasteiger charge is -2.35. The maximum atomic E-state index is 12.6. The third kappa shape index (κ3) is 4.07. The Bertz CT molecular complexity index is 681. The lowest BCUT2D eigenvalue weighted by Crippen LogP contribution is -2.51. The van der Waals surface area contributed by atoms with Crippen molar-refractivity contribution in [3.05, 3.63) is 18.0 Å². The molecule has 24 heavy (non-hydrogen) atoms. The van der Waals surface area contributed by atoms with E-state index in [1.807, 2.05) is 0 Å². The lowest BCUT2D eigenvalue weighted by atomic mass is 10.1. The number of nitrogens with zero attached hydrogens (tertiary/aromatic N) is 3. The smallest absolute Gasteiger partial charge is 0.318 e. The monoisotopic (exact) mass is 356 g/mol. The Morgan fingerprint density at radius 1 is 1.46 bits per heavy atom. The molecular weight excluding hydrogens is 332 g/mol. The standard InChI is InChI=1S/C15H24N4O4S/c1-18-10-12(8-17-18)14-11-24(21,22)7-5-19(14)15(20)16-9-13-4-2-3-6-23-13/h8,10,13-14H,2-7,9,11H2,1H3,(H,16,20)/t13-,14-/m0/s1. The first-order valence-electron chi connectivity index (χ1n) is 8.30. The van der Waals surface area contributed by atoms with E-state index in [0.29, 0.717) is 6.54 Å². The lowest BCUT2D eigenvalue weighted by molar-refractivity contribution is 0.0175. The van der Waals surface area contributed by atoms with E-state index in [9.17, 15) is 13.2 Å². The van der Waals surface area contributed by atoms with Crippen LogP contribution in [0.25, 0.3) is 0 Å². The highest BCUT2D eigenvalue weighted by Crippen LogP contribution is 2.26. The topological polar surface area (TPSA) is 93.5 Å². The van der Waals surface area contributed by atoms with Gasteiger partial charge in [0.05, 0.1) is 29.8 Å². The van der Waals surface area contributed by atoms with Gasteiger partial charge in [-0.15, -0.1) is 0 Å². The summed E-state index contributed by atoms with van der Waals surface area (Å²) in [6.07, 6.45) is 6.55. The molecule has 0 aromatic carbocycles. The number of carbonyl (C=O) groups excluding carboxylic acids is 1. The van der Waals surface area contributed by atoms with Crippen molar-refractivity contribution in [1.82, 2.24) is 20.0 Å². The zero-order chi connectivity index (χ0) is 17.2. The zero-order valence-electron chi connectivity index (χ0n) is 13.8. The molecule has 2 aliphatic heterocycles. The summed E-state index contributed by atoms with van der Waals surface area (Å²) in [5, 5.41) is 6.99. The van der Waals surface area contributed by atoms with E-state index in [4.69, 9.17) is 4.74 Å². The fourth-order valence-corrected chi connectivity index (χ4v) is 4.70. The molecule has 8 nitrogen and oxygen atoms in total. The molecule has 2 fully saturated rings. The average Bonchev–Trinajstić information content (AvgIpc) is 2.99. The molecule has 3 rings (SSSR count). The maximum Gasteiger partial charge on any atom is 0.318 e. The summed E-state index contributed by atoms with van der Waals surface area (Å²) in [6.45, 7) is 1.39. The van der Waals surface area contributed by atoms with Crippen molar-refractivity contribution in [2.75, 3.05) is 31.2 Å². The van der Waals surface area contributed by atoms with E-state index in [2.05, 4.69) is 10.4 Å². The third-order valence-corrected chi connectivity index (χ3v) is 6.18. The molecule has 2 aliphatic rings. The van der Waals surface area contributed by atoms with E-state index in [0.717, 1.165) is 31.4 Å². The summed E-state index contributed by atoms with van der Waals surface area (Å²) in [5.74, 6) is -0.0663. The molecular formula is C15H24N4O4S. The number of rotatable bonds is 3. The van der Waals surface area contributed by atoms with Crippen molar-refractivity contribution in [1.29, 1.82) is 0 Å². The highest BCUT2D eigenvalue weighted by Gasteiger charge is 2.36. The highest BCUT2D eigenvalue weighted by molar-refractivity contribution is 7.91. The van der Waals surface area contributed by atoms with Crippen LogP contribution in [0.15, 0.2) is 12.4 Å². The molecule has 1 aromatic heterocycles. The first kappa shape index (κ1) is 17.2. The van der Waals surface area contributed by atoms with Crippen molar-refractivity contribution in [2.45, 2.75) is 31.4 Å². The number of carbonyl (C=O) groups is 1. The van der Waals surface area contributed by atoms with Crippen molar-refractivity contribution in [2.24, 2.45) is 7.05 Å². The second kappa shape index (κ2) is 7.10. The van der Waals surface area contributed by atoms with Gasteiger partial charge in [-0.3, -0.25) is 4.68 Å². The number of aromatic nitrogens is 2. The van der Waals surface area contributed by atoms with Crippen LogP contribution < -0.4 is 5.32 Å². The Balaban J connectivity index is 1.67. The van der Waals surface area contributed by atoms with Crippen molar-refractivity contribution in [3.63, 3.8) is 0 Å². The quantitative estimate of drug-likeness (QED) is 0.850. The summed E-state index contributed by atoms with van der Waals surface area (Å²) >= 11 is 0. The van der Waals surface area contributed by atoms with Gasteiger partial charge in [0.2, 0.25) is 0 Å². The van der Waals surface area contributed by atoms with Crippen molar-refractivity contribution in [3.8, 4) is 0 Å². The molecule has 134 valence electrons. The Morgan fingerprint density at radius 3 is 2.96 bits per heavy atom. The summed E-state index contributed by atoms with van der Waals surface area (Å²) in [7, 11) is -1.39. The van der Waals surface area contributed by atoms with E-state index < -0.39 is 15.9 Å². The number of hydrogen-bond acceptors (Lipinski definition) is 5. The number of ether oxygens (including phenoxy) is 1. The molecule has 0 aliphatic carbocycles. The molecule has 0 spiro atoms. The van der Waals surface area contributed by atoms with Crippen LogP contribution in [0, 0.1) is 0 Å². The van der Waals surface area contributed by atoms with Crippen LogP contribution in [-0.4, -0.2) is 66.4 Å². The zero-order valence-corrected chi connectivity index (χ0v) is 14.7. The van der Waals surface area contributed by atoms with Crippen LogP contribution >= 0.6 is 0 Å². The second-order valence-electron chi connectivity index (χ2n) is 6.45. The molecule has 0 bridgehead atoms. The Hall–Kier alpha value is -1.61. The Morgan fingerprint density at radius 2 is 2.29 bits per heavy atom. The fraction of sp³-hybridized carbons (Fsp3) is 0.733. The van der Waals surface area contributed by atoms with Gasteiger partial charge in [-0.05, 0) is 19.3 Å². The summed E-state index contributed by atoms with van der Waals surface area (Å²) in [5.41, 5.74) is 0.741. The third-order valence-electron chi connectivity index (χ3n) is 4.56. The van der Waals surface area contributed by atoms with Gasteiger partial charge >= 0.3 is 6.03 Å². The minimum Gasteiger partial charge on any atom is -0.376 e. The summed E-state index contributed by atoms with van der Waals surface area (Å²) < 4.78 is 31.3. The van der Waals surface area contributed by atoms with Crippen LogP contribution in [-0.2, 0) is 21.6 Å². The number of sulfone groups is 1. The minimum atomic E-state index is -3.16. The van der Waals surface area contributed by atoms with Crippen LogP contribution in [0.4, 0.5) is 4.79 Å². The predicted octanol–water partition coefficient (Wildman–Crippen LogP) is 0.470. The second-order valence-corrected chi connectivity index (χ2v) is 8.67. The fourth-order valence-electron chi connectivity index (χ4n) is 3.21. The van der Waals surface area contributed by atoms with E-state index in [1.165, 1.54) is 0 Å². The molecule has 0 saturated carbocycles. The average molecular weight is 356 g/mol.